The number of hydrogen-bond donors (Lipinski definition) is 1. The molecule has 1 N–H and O–H groups in total. The van der Waals surface area contributed by atoms with Crippen molar-refractivity contribution in [2.45, 2.75) is 19.3 Å². The molecule has 0 aromatic heterocycles. The van der Waals surface area contributed by atoms with Gasteiger partial charge < -0.3 is 15.0 Å². The zero-order valence-electron chi connectivity index (χ0n) is 13.7. The lowest BCUT2D eigenvalue weighted by molar-refractivity contribution is 0.0949. The predicted molar refractivity (Wildman–Crippen MR) is 93.1 cm³/mol. The van der Waals surface area contributed by atoms with E-state index in [1.54, 1.807) is 7.11 Å². The number of rotatable bonds is 6. The molecule has 0 saturated carbocycles. The number of carbonyl (C=O) groups excluding carboxylic acids is 1. The summed E-state index contributed by atoms with van der Waals surface area (Å²) in [5, 5.41) is 5.15. The van der Waals surface area contributed by atoms with Crippen LogP contribution in [0.1, 0.15) is 29.6 Å². The van der Waals surface area contributed by atoms with Crippen LogP contribution in [0.2, 0.25) is 0 Å². The van der Waals surface area contributed by atoms with E-state index in [4.69, 9.17) is 4.74 Å². The van der Waals surface area contributed by atoms with Crippen LogP contribution in [-0.2, 0) is 0 Å². The van der Waals surface area contributed by atoms with Crippen LogP contribution in [0.3, 0.4) is 0 Å². The second kappa shape index (κ2) is 7.47. The van der Waals surface area contributed by atoms with Crippen LogP contribution in [-0.4, -0.2) is 44.1 Å². The quantitative estimate of drug-likeness (QED) is 0.834. The molecule has 4 heteroatoms. The lowest BCUT2D eigenvalue weighted by atomic mass is 10.1. The van der Waals surface area contributed by atoms with E-state index in [-0.39, 0.29) is 5.91 Å². The Kier molecular flexibility index (Phi) is 5.13. The van der Waals surface area contributed by atoms with Crippen LogP contribution >= 0.6 is 0 Å². The van der Waals surface area contributed by atoms with Gasteiger partial charge in [-0.2, -0.15) is 0 Å². The number of nitrogens with zero attached hydrogens (tertiary/aromatic N) is 1. The molecule has 2 aromatic carbocycles. The van der Waals surface area contributed by atoms with Gasteiger partial charge in [-0.3, -0.25) is 4.79 Å². The number of likely N-dealkylation sites (tertiary alicyclic amines) is 1. The number of carbonyl (C=O) groups is 1. The Balaban J connectivity index is 1.62. The molecular formula is C19H24N2O2. The first kappa shape index (κ1) is 15.8. The molecule has 122 valence electrons. The minimum absolute atomic E-state index is 0.0611. The van der Waals surface area contributed by atoms with Gasteiger partial charge in [0.05, 0.1) is 12.7 Å². The lowest BCUT2D eigenvalue weighted by Crippen LogP contribution is -2.28. The molecule has 0 atom stereocenters. The third kappa shape index (κ3) is 3.82. The predicted octanol–water partition coefficient (Wildman–Crippen LogP) is 3.06. The summed E-state index contributed by atoms with van der Waals surface area (Å²) in [4.78, 5) is 14.9. The van der Waals surface area contributed by atoms with E-state index in [1.807, 2.05) is 36.4 Å². The zero-order valence-corrected chi connectivity index (χ0v) is 13.7. The third-order valence-electron chi connectivity index (χ3n) is 4.45. The highest BCUT2D eigenvalue weighted by molar-refractivity contribution is 6.01. The van der Waals surface area contributed by atoms with E-state index in [9.17, 15) is 4.79 Å². The van der Waals surface area contributed by atoms with E-state index in [1.165, 1.54) is 25.9 Å². The van der Waals surface area contributed by atoms with E-state index < -0.39 is 0 Å². The van der Waals surface area contributed by atoms with Gasteiger partial charge in [-0.05, 0) is 61.8 Å². The van der Waals surface area contributed by atoms with Crippen molar-refractivity contribution in [2.24, 2.45) is 0 Å². The minimum atomic E-state index is -0.0611. The summed E-state index contributed by atoms with van der Waals surface area (Å²) in [6.45, 7) is 4.17. The molecule has 23 heavy (non-hydrogen) atoms. The number of ether oxygens (including phenoxy) is 1. The van der Waals surface area contributed by atoms with Crippen molar-refractivity contribution in [3.05, 3.63) is 42.0 Å². The zero-order chi connectivity index (χ0) is 16.1. The third-order valence-corrected chi connectivity index (χ3v) is 4.45. The first-order valence-electron chi connectivity index (χ1n) is 8.35. The normalized spacial score (nSPS) is 15.0. The van der Waals surface area contributed by atoms with Gasteiger partial charge in [0.15, 0.2) is 0 Å². The lowest BCUT2D eigenvalue weighted by Gasteiger charge is -2.15. The van der Waals surface area contributed by atoms with Gasteiger partial charge >= 0.3 is 0 Å². The van der Waals surface area contributed by atoms with Gasteiger partial charge in [0.1, 0.15) is 5.75 Å². The van der Waals surface area contributed by atoms with Crippen LogP contribution in [0.15, 0.2) is 36.4 Å². The van der Waals surface area contributed by atoms with Crippen LogP contribution in [0.5, 0.6) is 5.75 Å². The van der Waals surface area contributed by atoms with Crippen molar-refractivity contribution in [1.29, 1.82) is 0 Å². The number of amides is 1. The van der Waals surface area contributed by atoms with Gasteiger partial charge in [-0.15, -0.1) is 0 Å². The molecule has 1 amide bonds. The maximum Gasteiger partial charge on any atom is 0.255 e. The fourth-order valence-electron chi connectivity index (χ4n) is 3.17. The van der Waals surface area contributed by atoms with Crippen LogP contribution < -0.4 is 10.1 Å². The highest BCUT2D eigenvalue weighted by atomic mass is 16.5. The van der Waals surface area contributed by atoms with Gasteiger partial charge in [0.25, 0.3) is 5.91 Å². The molecule has 0 radical (unpaired) electrons. The number of methoxy groups -OCH3 is 1. The highest BCUT2D eigenvalue weighted by Gasteiger charge is 2.14. The maximum atomic E-state index is 12.5. The molecule has 1 saturated heterocycles. The molecule has 4 nitrogen and oxygen atoms in total. The second-order valence-electron chi connectivity index (χ2n) is 6.06. The second-order valence-corrected chi connectivity index (χ2v) is 6.06. The Labute approximate surface area is 137 Å². The Morgan fingerprint density at radius 2 is 1.87 bits per heavy atom. The number of fused-ring (bicyclic) bond motifs is 1. The molecule has 0 unspecified atom stereocenters. The topological polar surface area (TPSA) is 41.6 Å². The molecule has 1 aliphatic rings. The SMILES string of the molecule is COc1cc2ccccc2cc1C(=O)NCCCN1CCCC1. The molecular weight excluding hydrogens is 288 g/mol. The van der Waals surface area contributed by atoms with Gasteiger partial charge in [-0.25, -0.2) is 0 Å². The Bertz CT molecular complexity index is 678. The number of hydrogen-bond acceptors (Lipinski definition) is 3. The van der Waals surface area contributed by atoms with Gasteiger partial charge in [0.2, 0.25) is 0 Å². The van der Waals surface area contributed by atoms with E-state index in [0.29, 0.717) is 17.9 Å². The fourth-order valence-corrected chi connectivity index (χ4v) is 3.17. The number of nitrogens with one attached hydrogen (secondary N) is 1. The standard InChI is InChI=1S/C19H24N2O2/c1-23-18-14-16-8-3-2-7-15(16)13-17(18)19(22)20-9-6-12-21-10-4-5-11-21/h2-3,7-8,13-14H,4-6,9-12H2,1H3,(H,20,22). The van der Waals surface area contributed by atoms with Gasteiger partial charge in [-0.1, -0.05) is 24.3 Å². The van der Waals surface area contributed by atoms with Crippen LogP contribution in [0, 0.1) is 0 Å². The Morgan fingerprint density at radius 3 is 2.57 bits per heavy atom. The molecule has 1 fully saturated rings. The highest BCUT2D eigenvalue weighted by Crippen LogP contribution is 2.25. The van der Waals surface area contributed by atoms with Gasteiger partial charge in [0, 0.05) is 6.54 Å². The van der Waals surface area contributed by atoms with Crippen LogP contribution in [0.4, 0.5) is 0 Å². The molecule has 1 heterocycles. The Hall–Kier alpha value is -2.07. The molecule has 1 aliphatic heterocycles. The smallest absolute Gasteiger partial charge is 0.255 e. The average Bonchev–Trinajstić information content (AvgIpc) is 3.10. The van der Waals surface area contributed by atoms with Crippen molar-refractivity contribution in [2.75, 3.05) is 33.3 Å². The summed E-state index contributed by atoms with van der Waals surface area (Å²) in [7, 11) is 1.61. The first-order chi connectivity index (χ1) is 11.3. The average molecular weight is 312 g/mol. The molecule has 3 rings (SSSR count). The Morgan fingerprint density at radius 1 is 1.17 bits per heavy atom. The largest absolute Gasteiger partial charge is 0.496 e. The monoisotopic (exact) mass is 312 g/mol. The first-order valence-corrected chi connectivity index (χ1v) is 8.35. The molecule has 0 aliphatic carbocycles. The fraction of sp³-hybridized carbons (Fsp3) is 0.421. The van der Waals surface area contributed by atoms with Crippen molar-refractivity contribution < 1.29 is 9.53 Å². The minimum Gasteiger partial charge on any atom is -0.496 e. The summed E-state index contributed by atoms with van der Waals surface area (Å²) in [6.07, 6.45) is 3.60. The van der Waals surface area contributed by atoms with Crippen molar-refractivity contribution >= 4 is 16.7 Å². The van der Waals surface area contributed by atoms with E-state index in [0.717, 1.165) is 23.7 Å². The molecule has 0 bridgehead atoms. The molecule has 2 aromatic rings. The van der Waals surface area contributed by atoms with Crippen molar-refractivity contribution in [3.63, 3.8) is 0 Å². The number of benzene rings is 2. The summed E-state index contributed by atoms with van der Waals surface area (Å²) in [5.74, 6) is 0.565. The van der Waals surface area contributed by atoms with Crippen LogP contribution in [0.25, 0.3) is 10.8 Å². The summed E-state index contributed by atoms with van der Waals surface area (Å²) in [5.41, 5.74) is 0.604. The summed E-state index contributed by atoms with van der Waals surface area (Å²) < 4.78 is 5.39. The van der Waals surface area contributed by atoms with Crippen molar-refractivity contribution in [1.82, 2.24) is 10.2 Å². The summed E-state index contributed by atoms with van der Waals surface area (Å²) in [6, 6.07) is 11.8. The van der Waals surface area contributed by atoms with Crippen molar-refractivity contribution in [3.8, 4) is 5.75 Å². The maximum absolute atomic E-state index is 12.5. The summed E-state index contributed by atoms with van der Waals surface area (Å²) >= 11 is 0. The van der Waals surface area contributed by atoms with E-state index >= 15 is 0 Å². The molecule has 0 spiro atoms. The van der Waals surface area contributed by atoms with E-state index in [2.05, 4.69) is 10.2 Å².